The van der Waals surface area contributed by atoms with Crippen LogP contribution >= 0.6 is 11.8 Å². The lowest BCUT2D eigenvalue weighted by atomic mass is 10.2. The third kappa shape index (κ3) is 5.65. The number of halogens is 1. The van der Waals surface area contributed by atoms with Gasteiger partial charge in [-0.25, -0.2) is 4.39 Å². The summed E-state index contributed by atoms with van der Waals surface area (Å²) in [6, 6.07) is 16.5. The van der Waals surface area contributed by atoms with Gasteiger partial charge in [-0.05, 0) is 42.5 Å². The minimum Gasteiger partial charge on any atom is -0.326 e. The van der Waals surface area contributed by atoms with Gasteiger partial charge in [0.25, 0.3) is 5.91 Å². The molecule has 0 spiro atoms. The summed E-state index contributed by atoms with van der Waals surface area (Å²) in [7, 11) is 0. The van der Waals surface area contributed by atoms with Crippen LogP contribution in [-0.2, 0) is 4.79 Å². The first-order valence-electron chi connectivity index (χ1n) is 8.60. The minimum absolute atomic E-state index is 0.199. The molecule has 0 atom stereocenters. The van der Waals surface area contributed by atoms with Crippen molar-refractivity contribution in [2.75, 3.05) is 16.4 Å². The van der Waals surface area contributed by atoms with Crippen molar-refractivity contribution in [1.29, 1.82) is 0 Å². The van der Waals surface area contributed by atoms with Gasteiger partial charge in [-0.3, -0.25) is 14.6 Å². The molecule has 2 amide bonds. The standard InChI is InChI=1S/C21H18FN3O2S/c22-18-6-1-2-7-19(18)28-13-10-20(26)24-17-5-3-4-15(14-17)21(27)25-16-8-11-23-12-9-16/h1-9,11-12,14H,10,13H2,(H,24,26)(H,23,25,27). The van der Waals surface area contributed by atoms with Crippen molar-refractivity contribution in [3.05, 3.63) is 84.4 Å². The number of carbonyl (C=O) groups is 2. The number of nitrogens with zero attached hydrogens (tertiary/aromatic N) is 1. The van der Waals surface area contributed by atoms with Crippen LogP contribution in [0.2, 0.25) is 0 Å². The third-order valence-electron chi connectivity index (χ3n) is 3.77. The van der Waals surface area contributed by atoms with Gasteiger partial charge in [-0.15, -0.1) is 11.8 Å². The quantitative estimate of drug-likeness (QED) is 0.574. The Morgan fingerprint density at radius 1 is 0.929 bits per heavy atom. The Labute approximate surface area is 166 Å². The highest BCUT2D eigenvalue weighted by molar-refractivity contribution is 7.99. The molecule has 142 valence electrons. The number of hydrogen-bond acceptors (Lipinski definition) is 4. The zero-order valence-corrected chi connectivity index (χ0v) is 15.7. The van der Waals surface area contributed by atoms with E-state index in [4.69, 9.17) is 0 Å². The maximum absolute atomic E-state index is 13.6. The van der Waals surface area contributed by atoms with E-state index < -0.39 is 0 Å². The average Bonchev–Trinajstić information content (AvgIpc) is 2.70. The molecule has 0 aliphatic heterocycles. The predicted octanol–water partition coefficient (Wildman–Crippen LogP) is 4.59. The van der Waals surface area contributed by atoms with Gasteiger partial charge in [0.05, 0.1) is 0 Å². The minimum atomic E-state index is -0.291. The maximum Gasteiger partial charge on any atom is 0.255 e. The largest absolute Gasteiger partial charge is 0.326 e. The second kappa shape index (κ2) is 9.66. The Bertz CT molecular complexity index is 967. The predicted molar refractivity (Wildman–Crippen MR) is 109 cm³/mol. The van der Waals surface area contributed by atoms with Crippen LogP contribution in [-0.4, -0.2) is 22.6 Å². The summed E-state index contributed by atoms with van der Waals surface area (Å²) in [5, 5.41) is 5.53. The Hall–Kier alpha value is -3.19. The SMILES string of the molecule is O=C(CCSc1ccccc1F)Nc1cccc(C(=O)Nc2ccncc2)c1. The van der Waals surface area contributed by atoms with E-state index in [9.17, 15) is 14.0 Å². The molecular formula is C21H18FN3O2S. The van der Waals surface area contributed by atoms with Crippen LogP contribution in [0.15, 0.2) is 78.0 Å². The van der Waals surface area contributed by atoms with E-state index in [1.807, 2.05) is 0 Å². The smallest absolute Gasteiger partial charge is 0.255 e. The number of benzene rings is 2. The van der Waals surface area contributed by atoms with Crippen LogP contribution < -0.4 is 10.6 Å². The number of amides is 2. The highest BCUT2D eigenvalue weighted by Gasteiger charge is 2.09. The van der Waals surface area contributed by atoms with E-state index in [1.165, 1.54) is 17.8 Å². The van der Waals surface area contributed by atoms with E-state index in [-0.39, 0.29) is 24.1 Å². The van der Waals surface area contributed by atoms with Crippen molar-refractivity contribution in [3.63, 3.8) is 0 Å². The Morgan fingerprint density at radius 2 is 1.71 bits per heavy atom. The number of anilines is 2. The molecule has 2 aromatic carbocycles. The van der Waals surface area contributed by atoms with Crippen molar-refractivity contribution in [3.8, 4) is 0 Å². The molecule has 0 saturated heterocycles. The Morgan fingerprint density at radius 3 is 2.50 bits per heavy atom. The molecule has 0 fully saturated rings. The van der Waals surface area contributed by atoms with Gasteiger partial charge in [0.15, 0.2) is 0 Å². The second-order valence-corrected chi connectivity index (χ2v) is 6.98. The molecule has 1 aromatic heterocycles. The fraction of sp³-hybridized carbons (Fsp3) is 0.0952. The highest BCUT2D eigenvalue weighted by Crippen LogP contribution is 2.22. The molecule has 3 aromatic rings. The Balaban J connectivity index is 1.53. The molecule has 2 N–H and O–H groups in total. The zero-order chi connectivity index (χ0) is 19.8. The van der Waals surface area contributed by atoms with Gasteiger partial charge in [-0.1, -0.05) is 18.2 Å². The topological polar surface area (TPSA) is 71.1 Å². The normalized spacial score (nSPS) is 10.3. The summed E-state index contributed by atoms with van der Waals surface area (Å²) < 4.78 is 13.6. The first-order valence-corrected chi connectivity index (χ1v) is 9.59. The summed E-state index contributed by atoms with van der Waals surface area (Å²) in [5.41, 5.74) is 1.60. The number of thioether (sulfide) groups is 1. The molecular weight excluding hydrogens is 377 g/mol. The summed E-state index contributed by atoms with van der Waals surface area (Å²) >= 11 is 1.29. The first kappa shape index (κ1) is 19.6. The van der Waals surface area contributed by atoms with Crippen LogP contribution in [0.4, 0.5) is 15.8 Å². The molecule has 5 nitrogen and oxygen atoms in total. The maximum atomic E-state index is 13.6. The summed E-state index contributed by atoms with van der Waals surface area (Å²) in [6.45, 7) is 0. The molecule has 28 heavy (non-hydrogen) atoms. The Kier molecular flexibility index (Phi) is 6.75. The zero-order valence-electron chi connectivity index (χ0n) is 14.9. The van der Waals surface area contributed by atoms with E-state index in [0.717, 1.165) is 0 Å². The van der Waals surface area contributed by atoms with Gasteiger partial charge in [0.2, 0.25) is 5.91 Å². The molecule has 3 rings (SSSR count). The molecule has 0 unspecified atom stereocenters. The van der Waals surface area contributed by atoms with Gasteiger partial charge < -0.3 is 10.6 Å². The van der Waals surface area contributed by atoms with E-state index in [2.05, 4.69) is 15.6 Å². The molecule has 0 radical (unpaired) electrons. The highest BCUT2D eigenvalue weighted by atomic mass is 32.2. The molecule has 0 saturated carbocycles. The van der Waals surface area contributed by atoms with E-state index >= 15 is 0 Å². The lowest BCUT2D eigenvalue weighted by Crippen LogP contribution is -2.15. The summed E-state index contributed by atoms with van der Waals surface area (Å²) in [4.78, 5) is 28.9. The lowest BCUT2D eigenvalue weighted by Gasteiger charge is -2.08. The molecule has 1 heterocycles. The fourth-order valence-electron chi connectivity index (χ4n) is 2.42. The number of rotatable bonds is 7. The van der Waals surface area contributed by atoms with Gasteiger partial charge in [0.1, 0.15) is 5.82 Å². The van der Waals surface area contributed by atoms with Crippen molar-refractivity contribution in [2.24, 2.45) is 0 Å². The molecule has 0 aliphatic rings. The summed E-state index contributed by atoms with van der Waals surface area (Å²) in [5.74, 6) is -0.316. The van der Waals surface area contributed by atoms with Crippen LogP contribution in [0, 0.1) is 5.82 Å². The van der Waals surface area contributed by atoms with Crippen molar-refractivity contribution in [1.82, 2.24) is 4.98 Å². The number of aromatic nitrogens is 1. The van der Waals surface area contributed by atoms with Crippen LogP contribution in [0.3, 0.4) is 0 Å². The van der Waals surface area contributed by atoms with E-state index in [1.54, 1.807) is 67.0 Å². The summed E-state index contributed by atoms with van der Waals surface area (Å²) in [6.07, 6.45) is 3.41. The number of pyridine rings is 1. The van der Waals surface area contributed by atoms with Crippen molar-refractivity contribution >= 4 is 35.0 Å². The van der Waals surface area contributed by atoms with Gasteiger partial charge in [0, 0.05) is 46.4 Å². The molecule has 0 aliphatic carbocycles. The van der Waals surface area contributed by atoms with Crippen LogP contribution in [0.5, 0.6) is 0 Å². The number of carbonyl (C=O) groups excluding carboxylic acids is 2. The fourth-order valence-corrected chi connectivity index (χ4v) is 3.30. The third-order valence-corrected chi connectivity index (χ3v) is 4.82. The molecule has 0 bridgehead atoms. The van der Waals surface area contributed by atoms with E-state index in [0.29, 0.717) is 27.6 Å². The van der Waals surface area contributed by atoms with Crippen LogP contribution in [0.1, 0.15) is 16.8 Å². The number of hydrogen-bond donors (Lipinski definition) is 2. The van der Waals surface area contributed by atoms with Gasteiger partial charge >= 0.3 is 0 Å². The first-order chi connectivity index (χ1) is 13.6. The van der Waals surface area contributed by atoms with Crippen molar-refractivity contribution < 1.29 is 14.0 Å². The average molecular weight is 395 g/mol. The number of nitrogens with one attached hydrogen (secondary N) is 2. The van der Waals surface area contributed by atoms with Crippen molar-refractivity contribution in [2.45, 2.75) is 11.3 Å². The van der Waals surface area contributed by atoms with Crippen LogP contribution in [0.25, 0.3) is 0 Å². The lowest BCUT2D eigenvalue weighted by molar-refractivity contribution is -0.115. The van der Waals surface area contributed by atoms with Gasteiger partial charge in [-0.2, -0.15) is 0 Å². The monoisotopic (exact) mass is 395 g/mol. The molecule has 7 heteroatoms. The second-order valence-electron chi connectivity index (χ2n) is 5.85.